The topological polar surface area (TPSA) is 55.1 Å². The second kappa shape index (κ2) is 5.02. The standard InChI is InChI=1S/C12H16ClFN2O/c1-7(16-12(2,3)11(15)17)8-4-5-9(13)10(14)6-8/h4-7,16H,1-3H3,(H2,15,17). The van der Waals surface area contributed by atoms with Gasteiger partial charge in [-0.25, -0.2) is 4.39 Å². The first kappa shape index (κ1) is 13.9. The van der Waals surface area contributed by atoms with Crippen molar-refractivity contribution in [2.24, 2.45) is 5.73 Å². The summed E-state index contributed by atoms with van der Waals surface area (Å²) in [4.78, 5) is 11.2. The Morgan fingerprint density at radius 2 is 2.12 bits per heavy atom. The second-order valence-electron chi connectivity index (χ2n) is 4.53. The molecule has 0 radical (unpaired) electrons. The number of hydrogen-bond donors (Lipinski definition) is 2. The lowest BCUT2D eigenvalue weighted by atomic mass is 10.0. The van der Waals surface area contributed by atoms with Gasteiger partial charge >= 0.3 is 0 Å². The van der Waals surface area contributed by atoms with E-state index in [0.29, 0.717) is 5.56 Å². The lowest BCUT2D eigenvalue weighted by Gasteiger charge is -2.27. The molecular formula is C12H16ClFN2O. The van der Waals surface area contributed by atoms with Crippen molar-refractivity contribution in [1.29, 1.82) is 0 Å². The average Bonchev–Trinajstić information content (AvgIpc) is 2.21. The van der Waals surface area contributed by atoms with Crippen molar-refractivity contribution < 1.29 is 9.18 Å². The van der Waals surface area contributed by atoms with Crippen LogP contribution in [0.15, 0.2) is 18.2 Å². The molecule has 0 saturated heterocycles. The zero-order valence-electron chi connectivity index (χ0n) is 10.1. The van der Waals surface area contributed by atoms with Crippen LogP contribution in [0.25, 0.3) is 0 Å². The van der Waals surface area contributed by atoms with Crippen LogP contribution >= 0.6 is 11.6 Å². The molecule has 1 aromatic carbocycles. The number of benzene rings is 1. The van der Waals surface area contributed by atoms with Gasteiger partial charge in [0.2, 0.25) is 5.91 Å². The van der Waals surface area contributed by atoms with E-state index in [0.717, 1.165) is 0 Å². The highest BCUT2D eigenvalue weighted by molar-refractivity contribution is 6.30. The zero-order chi connectivity index (χ0) is 13.2. The molecule has 1 atom stereocenters. The van der Waals surface area contributed by atoms with E-state index in [9.17, 15) is 9.18 Å². The molecular weight excluding hydrogens is 243 g/mol. The van der Waals surface area contributed by atoms with Crippen LogP contribution in [0.2, 0.25) is 5.02 Å². The van der Waals surface area contributed by atoms with E-state index in [1.807, 2.05) is 6.92 Å². The smallest absolute Gasteiger partial charge is 0.237 e. The van der Waals surface area contributed by atoms with Gasteiger partial charge in [0.1, 0.15) is 5.82 Å². The molecule has 94 valence electrons. The summed E-state index contributed by atoms with van der Waals surface area (Å²) in [7, 11) is 0. The van der Waals surface area contributed by atoms with E-state index >= 15 is 0 Å². The number of carbonyl (C=O) groups is 1. The van der Waals surface area contributed by atoms with Crippen LogP contribution in [0, 0.1) is 5.82 Å². The lowest BCUT2D eigenvalue weighted by Crippen LogP contribution is -2.51. The maximum Gasteiger partial charge on any atom is 0.237 e. The van der Waals surface area contributed by atoms with Gasteiger partial charge in [0, 0.05) is 6.04 Å². The van der Waals surface area contributed by atoms with Gasteiger partial charge in [-0.15, -0.1) is 0 Å². The van der Waals surface area contributed by atoms with Gasteiger partial charge in [0.25, 0.3) is 0 Å². The van der Waals surface area contributed by atoms with Crippen molar-refractivity contribution in [3.8, 4) is 0 Å². The lowest BCUT2D eigenvalue weighted by molar-refractivity contribution is -0.123. The van der Waals surface area contributed by atoms with Crippen LogP contribution in [0.4, 0.5) is 4.39 Å². The highest BCUT2D eigenvalue weighted by atomic mass is 35.5. The molecule has 0 heterocycles. The summed E-state index contributed by atoms with van der Waals surface area (Å²) in [5.41, 5.74) is 5.11. The first-order chi connectivity index (χ1) is 7.74. The Balaban J connectivity index is 2.87. The number of nitrogens with two attached hydrogens (primary N) is 1. The van der Waals surface area contributed by atoms with Crippen molar-refractivity contribution in [2.75, 3.05) is 0 Å². The first-order valence-corrected chi connectivity index (χ1v) is 5.64. The molecule has 0 aliphatic carbocycles. The van der Waals surface area contributed by atoms with Crippen LogP contribution in [0.1, 0.15) is 32.4 Å². The Bertz CT molecular complexity index is 435. The molecule has 0 fully saturated rings. The minimum Gasteiger partial charge on any atom is -0.368 e. The third-order valence-corrected chi connectivity index (χ3v) is 2.94. The predicted octanol–water partition coefficient (Wildman–Crippen LogP) is 2.39. The van der Waals surface area contributed by atoms with Crippen LogP contribution in [0.5, 0.6) is 0 Å². The zero-order valence-corrected chi connectivity index (χ0v) is 10.8. The molecule has 17 heavy (non-hydrogen) atoms. The number of rotatable bonds is 4. The van der Waals surface area contributed by atoms with E-state index < -0.39 is 17.3 Å². The van der Waals surface area contributed by atoms with E-state index in [4.69, 9.17) is 17.3 Å². The molecule has 1 rings (SSSR count). The Morgan fingerprint density at radius 3 is 2.59 bits per heavy atom. The first-order valence-electron chi connectivity index (χ1n) is 5.26. The van der Waals surface area contributed by atoms with Gasteiger partial charge in [-0.05, 0) is 38.5 Å². The van der Waals surface area contributed by atoms with Gasteiger partial charge in [-0.2, -0.15) is 0 Å². The van der Waals surface area contributed by atoms with Crippen LogP contribution in [-0.4, -0.2) is 11.4 Å². The molecule has 5 heteroatoms. The van der Waals surface area contributed by atoms with Crippen molar-refractivity contribution in [3.05, 3.63) is 34.6 Å². The third-order valence-electron chi connectivity index (χ3n) is 2.64. The molecule has 1 amide bonds. The van der Waals surface area contributed by atoms with Crippen LogP contribution in [-0.2, 0) is 4.79 Å². The molecule has 0 spiro atoms. The fraction of sp³-hybridized carbons (Fsp3) is 0.417. The normalized spacial score (nSPS) is 13.5. The molecule has 0 bridgehead atoms. The van der Waals surface area contributed by atoms with Crippen molar-refractivity contribution in [3.63, 3.8) is 0 Å². The molecule has 0 aliphatic rings. The molecule has 1 unspecified atom stereocenters. The Kier molecular flexibility index (Phi) is 4.11. The maximum absolute atomic E-state index is 13.3. The summed E-state index contributed by atoms with van der Waals surface area (Å²) in [6.45, 7) is 5.18. The number of amides is 1. The van der Waals surface area contributed by atoms with E-state index in [2.05, 4.69) is 5.32 Å². The SMILES string of the molecule is CC(NC(C)(C)C(N)=O)c1ccc(Cl)c(F)c1. The molecule has 1 aromatic rings. The monoisotopic (exact) mass is 258 g/mol. The van der Waals surface area contributed by atoms with E-state index in [1.54, 1.807) is 19.9 Å². The second-order valence-corrected chi connectivity index (χ2v) is 4.94. The minimum absolute atomic E-state index is 0.0788. The van der Waals surface area contributed by atoms with Crippen LogP contribution < -0.4 is 11.1 Å². The minimum atomic E-state index is -0.852. The number of primary amides is 1. The molecule has 0 aromatic heterocycles. The number of hydrogen-bond acceptors (Lipinski definition) is 2. The summed E-state index contributed by atoms with van der Waals surface area (Å²) < 4.78 is 13.3. The van der Waals surface area contributed by atoms with Gasteiger partial charge < -0.3 is 5.73 Å². The largest absolute Gasteiger partial charge is 0.368 e. The molecule has 3 nitrogen and oxygen atoms in total. The van der Waals surface area contributed by atoms with Gasteiger partial charge in [0.05, 0.1) is 10.6 Å². The third kappa shape index (κ3) is 3.41. The summed E-state index contributed by atoms with van der Waals surface area (Å²) in [5, 5.41) is 3.11. The summed E-state index contributed by atoms with van der Waals surface area (Å²) in [5.74, 6) is -0.937. The quantitative estimate of drug-likeness (QED) is 0.871. The van der Waals surface area contributed by atoms with Crippen molar-refractivity contribution in [2.45, 2.75) is 32.4 Å². The summed E-state index contributed by atoms with van der Waals surface area (Å²) in [6.07, 6.45) is 0. The Morgan fingerprint density at radius 1 is 1.53 bits per heavy atom. The maximum atomic E-state index is 13.3. The fourth-order valence-electron chi connectivity index (χ4n) is 1.48. The average molecular weight is 259 g/mol. The van der Waals surface area contributed by atoms with Crippen molar-refractivity contribution in [1.82, 2.24) is 5.32 Å². The highest BCUT2D eigenvalue weighted by Gasteiger charge is 2.26. The number of halogens is 2. The number of carbonyl (C=O) groups excluding carboxylic acids is 1. The molecule has 3 N–H and O–H groups in total. The van der Waals surface area contributed by atoms with Gasteiger partial charge in [0.15, 0.2) is 0 Å². The highest BCUT2D eigenvalue weighted by Crippen LogP contribution is 2.21. The molecule has 0 aliphatic heterocycles. The van der Waals surface area contributed by atoms with Crippen LogP contribution in [0.3, 0.4) is 0 Å². The predicted molar refractivity (Wildman–Crippen MR) is 66.2 cm³/mol. The number of nitrogens with one attached hydrogen (secondary N) is 1. The van der Waals surface area contributed by atoms with Crippen molar-refractivity contribution >= 4 is 17.5 Å². The van der Waals surface area contributed by atoms with E-state index in [-0.39, 0.29) is 11.1 Å². The Hall–Kier alpha value is -1.13. The summed E-state index contributed by atoms with van der Waals surface area (Å²) in [6, 6.07) is 4.34. The van der Waals surface area contributed by atoms with E-state index in [1.165, 1.54) is 12.1 Å². The Labute approximate surface area is 105 Å². The van der Waals surface area contributed by atoms with Gasteiger partial charge in [-0.1, -0.05) is 17.7 Å². The fourth-order valence-corrected chi connectivity index (χ4v) is 1.59. The van der Waals surface area contributed by atoms with Gasteiger partial charge in [-0.3, -0.25) is 10.1 Å². The summed E-state index contributed by atoms with van der Waals surface area (Å²) >= 11 is 5.60. The molecule has 0 saturated carbocycles.